The Morgan fingerprint density at radius 2 is 2.00 bits per heavy atom. The second kappa shape index (κ2) is 6.68. The van der Waals surface area contributed by atoms with Crippen molar-refractivity contribution in [2.75, 3.05) is 13.1 Å². The Hall–Kier alpha value is -0.920. The van der Waals surface area contributed by atoms with E-state index < -0.39 is 10.0 Å². The van der Waals surface area contributed by atoms with Crippen molar-refractivity contribution >= 4 is 33.0 Å². The predicted octanol–water partition coefficient (Wildman–Crippen LogP) is 2.95. The molecule has 0 saturated carbocycles. The first-order valence-corrected chi connectivity index (χ1v) is 9.75. The maximum absolute atomic E-state index is 12.3. The summed E-state index contributed by atoms with van der Waals surface area (Å²) in [6.07, 6.45) is 0.825. The van der Waals surface area contributed by atoms with Gasteiger partial charge in [0.05, 0.1) is 4.34 Å². The van der Waals surface area contributed by atoms with Crippen LogP contribution < -0.4 is 4.72 Å². The molecule has 0 aliphatic carbocycles. The van der Waals surface area contributed by atoms with E-state index in [0.29, 0.717) is 4.34 Å². The molecule has 7 heteroatoms. The van der Waals surface area contributed by atoms with Crippen LogP contribution in [0.4, 0.5) is 0 Å². The third-order valence-corrected chi connectivity index (χ3v) is 6.90. The smallest absolute Gasteiger partial charge is 0.250 e. The second-order valence-corrected chi connectivity index (χ2v) is 9.04. The van der Waals surface area contributed by atoms with Crippen molar-refractivity contribution < 1.29 is 8.42 Å². The van der Waals surface area contributed by atoms with Crippen molar-refractivity contribution in [3.8, 4) is 0 Å². The van der Waals surface area contributed by atoms with Crippen molar-refractivity contribution in [1.82, 2.24) is 9.62 Å². The van der Waals surface area contributed by atoms with E-state index in [1.54, 1.807) is 12.1 Å². The van der Waals surface area contributed by atoms with Gasteiger partial charge in [0.1, 0.15) is 4.21 Å². The third kappa shape index (κ3) is 3.88. The number of thiophene rings is 1. The number of benzene rings is 1. The largest absolute Gasteiger partial charge is 0.297 e. The molecule has 118 valence electrons. The minimum atomic E-state index is -3.46. The van der Waals surface area contributed by atoms with Crippen LogP contribution in [0.15, 0.2) is 46.7 Å². The van der Waals surface area contributed by atoms with Gasteiger partial charge in [-0.15, -0.1) is 11.3 Å². The summed E-state index contributed by atoms with van der Waals surface area (Å²) >= 11 is 6.90. The summed E-state index contributed by atoms with van der Waals surface area (Å²) in [6, 6.07) is 13.3. The van der Waals surface area contributed by atoms with Gasteiger partial charge in [-0.05, 0) is 24.1 Å². The van der Waals surface area contributed by atoms with Crippen LogP contribution in [0.3, 0.4) is 0 Å². The lowest BCUT2D eigenvalue weighted by Crippen LogP contribution is -2.36. The summed E-state index contributed by atoms with van der Waals surface area (Å²) in [5, 5.41) is 0. The zero-order chi connectivity index (χ0) is 15.6. The van der Waals surface area contributed by atoms with Crippen molar-refractivity contribution in [1.29, 1.82) is 0 Å². The zero-order valence-electron chi connectivity index (χ0n) is 11.9. The molecular formula is C15H17ClN2O2S2. The van der Waals surface area contributed by atoms with Crippen molar-refractivity contribution in [3.63, 3.8) is 0 Å². The number of halogens is 1. The normalized spacial score (nSPS) is 19.6. The van der Waals surface area contributed by atoms with Gasteiger partial charge in [-0.25, -0.2) is 13.1 Å². The minimum Gasteiger partial charge on any atom is -0.297 e. The molecule has 1 saturated heterocycles. The van der Waals surface area contributed by atoms with Gasteiger partial charge in [0.15, 0.2) is 0 Å². The van der Waals surface area contributed by atoms with Gasteiger partial charge in [-0.3, -0.25) is 4.90 Å². The Morgan fingerprint density at radius 1 is 1.23 bits per heavy atom. The summed E-state index contributed by atoms with van der Waals surface area (Å²) in [4.78, 5) is 2.27. The molecule has 1 fully saturated rings. The number of likely N-dealkylation sites (tertiary alicyclic amines) is 1. The van der Waals surface area contributed by atoms with E-state index in [4.69, 9.17) is 11.6 Å². The van der Waals surface area contributed by atoms with E-state index in [2.05, 4.69) is 21.8 Å². The lowest BCUT2D eigenvalue weighted by atomic mass is 10.2. The first-order chi connectivity index (χ1) is 10.5. The third-order valence-electron chi connectivity index (χ3n) is 3.66. The Labute approximate surface area is 139 Å². The highest BCUT2D eigenvalue weighted by molar-refractivity contribution is 7.91. The van der Waals surface area contributed by atoms with Gasteiger partial charge >= 0.3 is 0 Å². The van der Waals surface area contributed by atoms with Crippen LogP contribution in [0.2, 0.25) is 4.34 Å². The first-order valence-electron chi connectivity index (χ1n) is 7.07. The fraction of sp³-hybridized carbons (Fsp3) is 0.333. The average molecular weight is 357 g/mol. The molecule has 1 aliphatic heterocycles. The highest BCUT2D eigenvalue weighted by atomic mass is 35.5. The maximum atomic E-state index is 12.3. The van der Waals surface area contributed by atoms with Crippen molar-refractivity contribution in [3.05, 3.63) is 52.4 Å². The molecule has 1 atom stereocenters. The predicted molar refractivity (Wildman–Crippen MR) is 89.8 cm³/mol. The molecular weight excluding hydrogens is 340 g/mol. The van der Waals surface area contributed by atoms with Crippen LogP contribution in [0.5, 0.6) is 0 Å². The average Bonchev–Trinajstić information content (AvgIpc) is 3.09. The van der Waals surface area contributed by atoms with Gasteiger partial charge in [0, 0.05) is 25.7 Å². The number of sulfonamides is 1. The van der Waals surface area contributed by atoms with E-state index in [1.807, 2.05) is 18.2 Å². The van der Waals surface area contributed by atoms with Crippen LogP contribution in [0, 0.1) is 0 Å². The molecule has 0 unspecified atom stereocenters. The molecule has 2 aromatic rings. The molecule has 0 spiro atoms. The summed E-state index contributed by atoms with van der Waals surface area (Å²) in [7, 11) is -3.46. The molecule has 0 amide bonds. The highest BCUT2D eigenvalue weighted by Gasteiger charge is 2.27. The Balaban J connectivity index is 1.59. The monoisotopic (exact) mass is 356 g/mol. The molecule has 3 rings (SSSR count). The van der Waals surface area contributed by atoms with E-state index >= 15 is 0 Å². The summed E-state index contributed by atoms with van der Waals surface area (Å²) in [5.74, 6) is 0. The second-order valence-electron chi connectivity index (χ2n) is 5.39. The van der Waals surface area contributed by atoms with E-state index in [0.717, 1.165) is 37.4 Å². The standard InChI is InChI=1S/C15H17ClN2O2S2/c16-14-6-7-15(21-14)22(19,20)17-13-8-9-18(11-13)10-12-4-2-1-3-5-12/h1-7,13,17H,8-11H2/t13-/m0/s1. The van der Waals surface area contributed by atoms with E-state index in [9.17, 15) is 8.42 Å². The Bertz CT molecular complexity index is 731. The summed E-state index contributed by atoms with van der Waals surface area (Å²) in [6.45, 7) is 2.48. The van der Waals surface area contributed by atoms with Gasteiger partial charge in [-0.2, -0.15) is 0 Å². The molecule has 1 N–H and O–H groups in total. The van der Waals surface area contributed by atoms with Crippen LogP contribution in [-0.4, -0.2) is 32.4 Å². The van der Waals surface area contributed by atoms with E-state index in [-0.39, 0.29) is 10.3 Å². The van der Waals surface area contributed by atoms with Gasteiger partial charge in [0.2, 0.25) is 10.0 Å². The molecule has 22 heavy (non-hydrogen) atoms. The number of hydrogen-bond acceptors (Lipinski definition) is 4. The Morgan fingerprint density at radius 3 is 2.68 bits per heavy atom. The van der Waals surface area contributed by atoms with Crippen LogP contribution in [0.25, 0.3) is 0 Å². The molecule has 0 radical (unpaired) electrons. The SMILES string of the molecule is O=S(=O)(N[C@H]1CCN(Cc2ccccc2)C1)c1ccc(Cl)s1. The fourth-order valence-corrected chi connectivity index (χ4v) is 5.39. The number of rotatable bonds is 5. The number of nitrogens with one attached hydrogen (secondary N) is 1. The maximum Gasteiger partial charge on any atom is 0.250 e. The quantitative estimate of drug-likeness (QED) is 0.896. The zero-order valence-corrected chi connectivity index (χ0v) is 14.3. The molecule has 1 aromatic carbocycles. The summed E-state index contributed by atoms with van der Waals surface area (Å²) in [5.41, 5.74) is 1.25. The van der Waals surface area contributed by atoms with Gasteiger partial charge < -0.3 is 0 Å². The molecule has 1 aromatic heterocycles. The van der Waals surface area contributed by atoms with Crippen LogP contribution in [-0.2, 0) is 16.6 Å². The topological polar surface area (TPSA) is 49.4 Å². The summed E-state index contributed by atoms with van der Waals surface area (Å²) < 4.78 is 28.1. The molecule has 0 bridgehead atoms. The van der Waals surface area contributed by atoms with Crippen LogP contribution >= 0.6 is 22.9 Å². The lowest BCUT2D eigenvalue weighted by molar-refractivity contribution is 0.324. The lowest BCUT2D eigenvalue weighted by Gasteiger charge is -2.16. The van der Waals surface area contributed by atoms with Gasteiger partial charge in [-0.1, -0.05) is 41.9 Å². The minimum absolute atomic E-state index is 0.0467. The molecule has 4 nitrogen and oxygen atoms in total. The highest BCUT2D eigenvalue weighted by Crippen LogP contribution is 2.26. The molecule has 2 heterocycles. The number of hydrogen-bond donors (Lipinski definition) is 1. The fourth-order valence-electron chi connectivity index (χ4n) is 2.63. The Kier molecular flexibility index (Phi) is 4.84. The van der Waals surface area contributed by atoms with E-state index in [1.165, 1.54) is 5.56 Å². The van der Waals surface area contributed by atoms with Crippen molar-refractivity contribution in [2.24, 2.45) is 0 Å². The first kappa shape index (κ1) is 16.0. The van der Waals surface area contributed by atoms with Crippen molar-refractivity contribution in [2.45, 2.75) is 23.2 Å². The molecule has 1 aliphatic rings. The van der Waals surface area contributed by atoms with Gasteiger partial charge in [0.25, 0.3) is 0 Å². The number of nitrogens with zero attached hydrogens (tertiary/aromatic N) is 1. The van der Waals surface area contributed by atoms with Crippen LogP contribution in [0.1, 0.15) is 12.0 Å².